The van der Waals surface area contributed by atoms with Gasteiger partial charge in [-0.1, -0.05) is 0 Å². The predicted octanol–water partition coefficient (Wildman–Crippen LogP) is 2.48. The van der Waals surface area contributed by atoms with Crippen LogP contribution in [-0.2, 0) is 9.53 Å². The van der Waals surface area contributed by atoms with Gasteiger partial charge in [0.05, 0.1) is 37.0 Å². The minimum absolute atomic E-state index is 0.0403. The summed E-state index contributed by atoms with van der Waals surface area (Å²) in [6.45, 7) is 5.91. The first kappa shape index (κ1) is 21.6. The van der Waals surface area contributed by atoms with Crippen LogP contribution in [0.3, 0.4) is 0 Å². The molecule has 5 rings (SSSR count). The molecule has 0 unspecified atom stereocenters. The van der Waals surface area contributed by atoms with Crippen LogP contribution >= 0.6 is 11.3 Å². The Morgan fingerprint density at radius 1 is 1.27 bits per heavy atom. The van der Waals surface area contributed by atoms with Gasteiger partial charge in [0.15, 0.2) is 5.13 Å². The number of aromatic nitrogens is 2. The second kappa shape index (κ2) is 8.95. The Labute approximate surface area is 196 Å². The molecule has 172 valence electrons. The maximum Gasteiger partial charge on any atom is 0.275 e. The molecular formula is C23H26N6O3S. The molecule has 1 fully saturated rings. The number of hydrogen-bond acceptors (Lipinski definition) is 8. The minimum atomic E-state index is -0.314. The van der Waals surface area contributed by atoms with Crippen LogP contribution in [0, 0.1) is 6.92 Å². The molecule has 0 saturated carbocycles. The highest BCUT2D eigenvalue weighted by Gasteiger charge is 2.34. The average molecular weight is 467 g/mol. The number of ether oxygens (including phenoxy) is 1. The van der Waals surface area contributed by atoms with E-state index < -0.39 is 0 Å². The highest BCUT2D eigenvalue weighted by molar-refractivity contribution is 7.14. The van der Waals surface area contributed by atoms with Gasteiger partial charge in [-0.25, -0.2) is 4.98 Å². The minimum Gasteiger partial charge on any atom is -0.501 e. The van der Waals surface area contributed by atoms with E-state index in [2.05, 4.69) is 25.5 Å². The Kier molecular flexibility index (Phi) is 5.86. The normalized spacial score (nSPS) is 18.4. The number of allylic oxidation sites excluding steroid dienone is 1. The van der Waals surface area contributed by atoms with Gasteiger partial charge in [0.1, 0.15) is 5.69 Å². The predicted molar refractivity (Wildman–Crippen MR) is 128 cm³/mol. The van der Waals surface area contributed by atoms with Gasteiger partial charge in [-0.3, -0.25) is 19.5 Å². The number of piperazine rings is 1. The lowest BCUT2D eigenvalue weighted by Gasteiger charge is -2.31. The van der Waals surface area contributed by atoms with Crippen LogP contribution in [0.2, 0.25) is 0 Å². The van der Waals surface area contributed by atoms with Crippen molar-refractivity contribution in [2.45, 2.75) is 19.8 Å². The summed E-state index contributed by atoms with van der Waals surface area (Å²) < 4.78 is 5.35. The quantitative estimate of drug-likeness (QED) is 0.698. The van der Waals surface area contributed by atoms with Gasteiger partial charge in [0.2, 0.25) is 0 Å². The lowest BCUT2D eigenvalue weighted by atomic mass is 9.99. The first-order valence-corrected chi connectivity index (χ1v) is 11.9. The summed E-state index contributed by atoms with van der Waals surface area (Å²) in [7, 11) is 1.65. The van der Waals surface area contributed by atoms with E-state index in [-0.39, 0.29) is 17.5 Å². The van der Waals surface area contributed by atoms with E-state index in [1.807, 2.05) is 19.1 Å². The molecule has 10 heteroatoms. The molecule has 0 aromatic carbocycles. The lowest BCUT2D eigenvalue weighted by molar-refractivity contribution is -0.114. The Morgan fingerprint density at radius 2 is 2.09 bits per heavy atom. The standard InChI is InChI=1S/C23H26N6O3S/c1-14-9-20(28-7-5-24-6-8-28)18(11-25-14)26-21(30)19-13-33-23(27-19)29-12-15-10-16(32-2)3-4-17(15)22(29)31/h9-11,13,24H,3-8,12H2,1-2H3,(H,26,30). The molecule has 3 aliphatic rings. The molecular weight excluding hydrogens is 440 g/mol. The summed E-state index contributed by atoms with van der Waals surface area (Å²) in [5.74, 6) is 0.529. The molecule has 0 bridgehead atoms. The van der Waals surface area contributed by atoms with Gasteiger partial charge < -0.3 is 20.3 Å². The molecule has 2 aliphatic heterocycles. The number of carbonyl (C=O) groups excluding carboxylic acids is 2. The van der Waals surface area contributed by atoms with Gasteiger partial charge in [0.25, 0.3) is 11.8 Å². The maximum absolute atomic E-state index is 13.0. The summed E-state index contributed by atoms with van der Waals surface area (Å²) in [6.07, 6.45) is 5.03. The maximum atomic E-state index is 13.0. The van der Waals surface area contributed by atoms with E-state index in [0.717, 1.165) is 60.9 Å². The molecule has 0 radical (unpaired) electrons. The fourth-order valence-electron chi connectivity index (χ4n) is 4.36. The van der Waals surface area contributed by atoms with E-state index in [1.54, 1.807) is 23.6 Å². The summed E-state index contributed by atoms with van der Waals surface area (Å²) in [5, 5.41) is 8.53. The van der Waals surface area contributed by atoms with Crippen molar-refractivity contribution in [3.63, 3.8) is 0 Å². The van der Waals surface area contributed by atoms with Gasteiger partial charge in [-0.15, -0.1) is 11.3 Å². The Bertz CT molecular complexity index is 1160. The van der Waals surface area contributed by atoms with Crippen molar-refractivity contribution in [3.05, 3.63) is 52.0 Å². The number of thiazole rings is 1. The monoisotopic (exact) mass is 466 g/mol. The number of nitrogens with zero attached hydrogens (tertiary/aromatic N) is 4. The third-order valence-electron chi connectivity index (χ3n) is 6.12. The molecule has 2 aromatic heterocycles. The Hall–Kier alpha value is -3.24. The zero-order valence-corrected chi connectivity index (χ0v) is 19.5. The van der Waals surface area contributed by atoms with Crippen molar-refractivity contribution in [2.24, 2.45) is 0 Å². The fourth-order valence-corrected chi connectivity index (χ4v) is 5.16. The molecule has 2 N–H and O–H groups in total. The van der Waals surface area contributed by atoms with Gasteiger partial charge in [-0.05, 0) is 31.1 Å². The summed E-state index contributed by atoms with van der Waals surface area (Å²) in [5.41, 5.74) is 4.58. The van der Waals surface area contributed by atoms with Crippen molar-refractivity contribution in [1.82, 2.24) is 15.3 Å². The highest BCUT2D eigenvalue weighted by Crippen LogP contribution is 2.35. The Balaban J connectivity index is 1.32. The first-order valence-electron chi connectivity index (χ1n) is 11.0. The molecule has 0 spiro atoms. The number of hydrogen-bond donors (Lipinski definition) is 2. The third-order valence-corrected chi connectivity index (χ3v) is 6.98. The van der Waals surface area contributed by atoms with E-state index >= 15 is 0 Å². The second-order valence-electron chi connectivity index (χ2n) is 8.26. The molecule has 9 nitrogen and oxygen atoms in total. The molecule has 0 atom stereocenters. The van der Waals surface area contributed by atoms with Crippen molar-refractivity contribution >= 4 is 39.7 Å². The van der Waals surface area contributed by atoms with Gasteiger partial charge >= 0.3 is 0 Å². The summed E-state index contributed by atoms with van der Waals surface area (Å²) in [4.78, 5) is 38.6. The Morgan fingerprint density at radius 3 is 2.88 bits per heavy atom. The zero-order chi connectivity index (χ0) is 22.9. The van der Waals surface area contributed by atoms with E-state index in [0.29, 0.717) is 23.8 Å². The number of carbonyl (C=O) groups is 2. The lowest BCUT2D eigenvalue weighted by Crippen LogP contribution is -2.43. The number of pyridine rings is 1. The summed E-state index contributed by atoms with van der Waals surface area (Å²) in [6, 6.07) is 1.99. The molecule has 33 heavy (non-hydrogen) atoms. The number of anilines is 3. The van der Waals surface area contributed by atoms with Crippen LogP contribution in [-0.4, -0.2) is 61.6 Å². The van der Waals surface area contributed by atoms with Crippen LogP contribution in [0.1, 0.15) is 29.0 Å². The van der Waals surface area contributed by atoms with Crippen LogP contribution in [0.25, 0.3) is 0 Å². The molecule has 2 amide bonds. The highest BCUT2D eigenvalue weighted by atomic mass is 32.1. The topological polar surface area (TPSA) is 99.7 Å². The van der Waals surface area contributed by atoms with E-state index in [4.69, 9.17) is 4.74 Å². The number of aryl methyl sites for hydroxylation is 1. The van der Waals surface area contributed by atoms with Crippen molar-refractivity contribution in [2.75, 3.05) is 55.0 Å². The number of amides is 2. The number of rotatable bonds is 5. The van der Waals surface area contributed by atoms with Gasteiger partial charge in [-0.2, -0.15) is 0 Å². The molecule has 2 aromatic rings. The van der Waals surface area contributed by atoms with Crippen LogP contribution in [0.15, 0.2) is 40.6 Å². The SMILES string of the molecule is COC1=CC2=C(CC1)C(=O)N(c1nc(C(=O)Nc3cnc(C)cc3N3CCNCC3)cs1)C2. The molecule has 4 heterocycles. The smallest absolute Gasteiger partial charge is 0.275 e. The second-order valence-corrected chi connectivity index (χ2v) is 9.10. The first-order chi connectivity index (χ1) is 16.0. The van der Waals surface area contributed by atoms with Crippen LogP contribution < -0.4 is 20.4 Å². The van der Waals surface area contributed by atoms with Crippen LogP contribution in [0.5, 0.6) is 0 Å². The summed E-state index contributed by atoms with van der Waals surface area (Å²) >= 11 is 1.30. The zero-order valence-electron chi connectivity index (χ0n) is 18.7. The van der Waals surface area contributed by atoms with E-state index in [1.165, 1.54) is 11.3 Å². The van der Waals surface area contributed by atoms with Crippen molar-refractivity contribution < 1.29 is 14.3 Å². The third kappa shape index (κ3) is 4.23. The van der Waals surface area contributed by atoms with Gasteiger partial charge in [0, 0.05) is 49.2 Å². The van der Waals surface area contributed by atoms with Crippen molar-refractivity contribution in [1.29, 1.82) is 0 Å². The largest absolute Gasteiger partial charge is 0.501 e. The number of nitrogens with one attached hydrogen (secondary N) is 2. The van der Waals surface area contributed by atoms with Crippen molar-refractivity contribution in [3.8, 4) is 0 Å². The van der Waals surface area contributed by atoms with E-state index in [9.17, 15) is 9.59 Å². The van der Waals surface area contributed by atoms with Crippen LogP contribution in [0.4, 0.5) is 16.5 Å². The average Bonchev–Trinajstić information content (AvgIpc) is 3.45. The fraction of sp³-hybridized carbons (Fsp3) is 0.391. The molecule has 1 saturated heterocycles. The number of methoxy groups -OCH3 is 1. The molecule has 1 aliphatic carbocycles.